The number of nitrogens with one attached hydrogen (secondary N) is 1. The minimum absolute atomic E-state index is 0.0450. The molecule has 0 aliphatic carbocycles. The van der Waals surface area contributed by atoms with Crippen molar-refractivity contribution in [3.63, 3.8) is 0 Å². The molecule has 0 bridgehead atoms. The zero-order valence-corrected chi connectivity index (χ0v) is 20.5. The Kier molecular flexibility index (Phi) is 6.94. The Bertz CT molecular complexity index is 1280. The van der Waals surface area contributed by atoms with Crippen molar-refractivity contribution in [1.82, 2.24) is 5.01 Å². The van der Waals surface area contributed by atoms with Crippen LogP contribution in [0.3, 0.4) is 0 Å². The van der Waals surface area contributed by atoms with Crippen molar-refractivity contribution in [2.24, 2.45) is 10.1 Å². The van der Waals surface area contributed by atoms with Gasteiger partial charge in [-0.3, -0.25) is 10.2 Å². The lowest BCUT2D eigenvalue weighted by Gasteiger charge is -2.20. The largest absolute Gasteiger partial charge is 0.490 e. The second kappa shape index (κ2) is 9.81. The summed E-state index contributed by atoms with van der Waals surface area (Å²) in [5, 5.41) is 10.9. The van der Waals surface area contributed by atoms with Crippen LogP contribution in [-0.2, 0) is 10.2 Å². The second-order valence-electron chi connectivity index (χ2n) is 8.93. The number of amides is 1. The van der Waals surface area contributed by atoms with Gasteiger partial charge in [0.05, 0.1) is 5.57 Å². The molecule has 2 aliphatic heterocycles. The van der Waals surface area contributed by atoms with Crippen molar-refractivity contribution in [2.45, 2.75) is 32.4 Å². The van der Waals surface area contributed by atoms with Gasteiger partial charge in [0.1, 0.15) is 24.7 Å². The standard InChI is InChI=1S/C25H23F3N4O3S/c1-24(2,3)16-8-10-17(11-9-16)34-12-13-35-19-7-5-4-6-15(19)14-18-20(29)32-23(30-21(18)33)36-22(31-32)25(26,27)28/h4-11,14,29H,12-13H2,1-3H3/b18-14+,29-20?. The Labute approximate surface area is 210 Å². The van der Waals surface area contributed by atoms with Gasteiger partial charge in [0, 0.05) is 5.56 Å². The van der Waals surface area contributed by atoms with Crippen molar-refractivity contribution < 1.29 is 27.4 Å². The Hall–Kier alpha value is -3.60. The molecule has 0 spiro atoms. The van der Waals surface area contributed by atoms with E-state index in [9.17, 15) is 18.0 Å². The Morgan fingerprint density at radius 3 is 2.36 bits per heavy atom. The van der Waals surface area contributed by atoms with Gasteiger partial charge in [0.2, 0.25) is 10.2 Å². The van der Waals surface area contributed by atoms with Gasteiger partial charge in [-0.25, -0.2) is 0 Å². The molecule has 36 heavy (non-hydrogen) atoms. The fourth-order valence-electron chi connectivity index (χ4n) is 3.36. The molecule has 2 aliphatic rings. The van der Waals surface area contributed by atoms with Crippen LogP contribution < -0.4 is 9.47 Å². The summed E-state index contributed by atoms with van der Waals surface area (Å²) in [7, 11) is 0. The van der Waals surface area contributed by atoms with Crippen LogP contribution in [-0.4, -0.2) is 46.4 Å². The highest BCUT2D eigenvalue weighted by atomic mass is 32.2. The van der Waals surface area contributed by atoms with E-state index >= 15 is 0 Å². The number of carbonyl (C=O) groups excluding carboxylic acids is 1. The van der Waals surface area contributed by atoms with E-state index in [4.69, 9.17) is 14.9 Å². The molecule has 0 atom stereocenters. The number of hydrogen-bond donors (Lipinski definition) is 1. The summed E-state index contributed by atoms with van der Waals surface area (Å²) in [6.07, 6.45) is -3.34. The molecule has 0 saturated heterocycles. The van der Waals surface area contributed by atoms with Crippen molar-refractivity contribution in [1.29, 1.82) is 5.41 Å². The number of ether oxygens (including phenoxy) is 2. The van der Waals surface area contributed by atoms with Crippen LogP contribution in [0.15, 0.2) is 64.2 Å². The van der Waals surface area contributed by atoms with Crippen LogP contribution in [0.1, 0.15) is 31.9 Å². The molecule has 0 unspecified atom stereocenters. The van der Waals surface area contributed by atoms with Gasteiger partial charge in [-0.1, -0.05) is 51.1 Å². The van der Waals surface area contributed by atoms with Gasteiger partial charge >= 0.3 is 6.18 Å². The van der Waals surface area contributed by atoms with E-state index in [-0.39, 0.29) is 41.1 Å². The number of alkyl halides is 3. The number of rotatable bonds is 6. The maximum atomic E-state index is 13.0. The second-order valence-corrected chi connectivity index (χ2v) is 9.89. The fraction of sp³-hybridized carbons (Fsp3) is 0.280. The zero-order valence-electron chi connectivity index (χ0n) is 19.7. The van der Waals surface area contributed by atoms with Crippen molar-refractivity contribution in [2.75, 3.05) is 13.2 Å². The molecular weight excluding hydrogens is 493 g/mol. The van der Waals surface area contributed by atoms with Crippen LogP contribution in [0.2, 0.25) is 0 Å². The molecule has 7 nitrogen and oxygen atoms in total. The van der Waals surface area contributed by atoms with Gasteiger partial charge in [0.15, 0.2) is 5.84 Å². The number of para-hydroxylation sites is 1. The molecular formula is C25H23F3N4O3S. The van der Waals surface area contributed by atoms with Crippen molar-refractivity contribution in [3.8, 4) is 11.5 Å². The van der Waals surface area contributed by atoms with E-state index in [2.05, 4.69) is 30.9 Å². The lowest BCUT2D eigenvalue weighted by Crippen LogP contribution is -2.35. The van der Waals surface area contributed by atoms with Crippen LogP contribution in [0.5, 0.6) is 11.5 Å². The first kappa shape index (κ1) is 25.5. The average molecular weight is 517 g/mol. The molecule has 1 amide bonds. The number of hydrogen-bond acceptors (Lipinski definition) is 6. The Morgan fingerprint density at radius 1 is 1.03 bits per heavy atom. The molecule has 11 heteroatoms. The number of amidine groups is 2. The Morgan fingerprint density at radius 2 is 1.69 bits per heavy atom. The fourth-order valence-corrected chi connectivity index (χ4v) is 4.11. The molecule has 4 rings (SSSR count). The molecule has 2 heterocycles. The minimum Gasteiger partial charge on any atom is -0.490 e. The van der Waals surface area contributed by atoms with Crippen molar-refractivity contribution >= 4 is 39.8 Å². The molecule has 0 aromatic heterocycles. The van der Waals surface area contributed by atoms with Gasteiger partial charge in [-0.2, -0.15) is 28.3 Å². The van der Waals surface area contributed by atoms with E-state index in [1.54, 1.807) is 24.3 Å². The topological polar surface area (TPSA) is 87.3 Å². The number of hydrazone groups is 1. The van der Waals surface area contributed by atoms with E-state index in [1.165, 1.54) is 11.6 Å². The van der Waals surface area contributed by atoms with E-state index in [0.29, 0.717) is 22.1 Å². The van der Waals surface area contributed by atoms with Crippen molar-refractivity contribution in [3.05, 3.63) is 65.2 Å². The summed E-state index contributed by atoms with van der Waals surface area (Å²) in [6, 6.07) is 14.6. The molecule has 2 aromatic rings. The lowest BCUT2D eigenvalue weighted by atomic mass is 9.87. The predicted molar refractivity (Wildman–Crippen MR) is 134 cm³/mol. The average Bonchev–Trinajstić information content (AvgIpc) is 3.25. The number of carbonyl (C=O) groups is 1. The predicted octanol–water partition coefficient (Wildman–Crippen LogP) is 5.62. The van der Waals surface area contributed by atoms with Gasteiger partial charge in [-0.15, -0.1) is 0 Å². The van der Waals surface area contributed by atoms with E-state index in [0.717, 1.165) is 0 Å². The maximum absolute atomic E-state index is 13.0. The molecule has 188 valence electrons. The monoisotopic (exact) mass is 516 g/mol. The first-order chi connectivity index (χ1) is 16.9. The van der Waals surface area contributed by atoms with Gasteiger partial charge in [0.25, 0.3) is 5.91 Å². The molecule has 0 saturated carbocycles. The van der Waals surface area contributed by atoms with Crippen LogP contribution in [0.4, 0.5) is 13.2 Å². The van der Waals surface area contributed by atoms with Crippen LogP contribution >= 0.6 is 11.8 Å². The first-order valence-electron chi connectivity index (χ1n) is 11.0. The number of thioether (sulfide) groups is 1. The summed E-state index contributed by atoms with van der Waals surface area (Å²) < 4.78 is 50.6. The van der Waals surface area contributed by atoms with E-state index in [1.807, 2.05) is 24.3 Å². The first-order valence-corrected chi connectivity index (χ1v) is 11.8. The maximum Gasteiger partial charge on any atom is 0.441 e. The van der Waals surface area contributed by atoms with Crippen LogP contribution in [0, 0.1) is 5.41 Å². The SMILES string of the molecule is CC(C)(C)c1ccc(OCCOc2ccccc2/C=C2\C(=N)N3N=C(C(F)(F)F)SC3=NC2=O)cc1. The number of benzene rings is 2. The third kappa shape index (κ3) is 5.62. The molecule has 0 radical (unpaired) electrons. The number of fused-ring (bicyclic) bond motifs is 1. The highest BCUT2D eigenvalue weighted by Gasteiger charge is 2.46. The molecule has 0 fully saturated rings. The third-order valence-electron chi connectivity index (χ3n) is 5.25. The number of halogens is 3. The number of nitrogens with zero attached hydrogens (tertiary/aromatic N) is 3. The summed E-state index contributed by atoms with van der Waals surface area (Å²) in [5.41, 5.74) is 1.51. The molecule has 2 aromatic carbocycles. The van der Waals surface area contributed by atoms with Gasteiger partial charge in [-0.05, 0) is 47.0 Å². The Balaban J connectivity index is 1.43. The summed E-state index contributed by atoms with van der Waals surface area (Å²) in [4.78, 5) is 16.2. The third-order valence-corrected chi connectivity index (χ3v) is 6.20. The van der Waals surface area contributed by atoms with Gasteiger partial charge < -0.3 is 9.47 Å². The quantitative estimate of drug-likeness (QED) is 0.398. The minimum atomic E-state index is -4.70. The highest BCUT2D eigenvalue weighted by molar-refractivity contribution is 8.27. The summed E-state index contributed by atoms with van der Waals surface area (Å²) in [5.74, 6) is -0.190. The number of aliphatic imine (C=N–C) groups is 1. The zero-order chi connectivity index (χ0) is 26.1. The summed E-state index contributed by atoms with van der Waals surface area (Å²) >= 11 is 0.207. The van der Waals surface area contributed by atoms with Crippen LogP contribution in [0.25, 0.3) is 6.08 Å². The van der Waals surface area contributed by atoms with E-state index < -0.39 is 23.0 Å². The summed E-state index contributed by atoms with van der Waals surface area (Å²) in [6.45, 7) is 6.87. The normalized spacial score (nSPS) is 17.2. The highest BCUT2D eigenvalue weighted by Crippen LogP contribution is 2.35. The lowest BCUT2D eigenvalue weighted by molar-refractivity contribution is -0.114. The molecule has 1 N–H and O–H groups in total. The smallest absolute Gasteiger partial charge is 0.441 e.